The second kappa shape index (κ2) is 6.49. The van der Waals surface area contributed by atoms with Gasteiger partial charge in [0.1, 0.15) is 5.00 Å². The van der Waals surface area contributed by atoms with E-state index in [0.717, 1.165) is 6.07 Å². The van der Waals surface area contributed by atoms with Gasteiger partial charge < -0.3 is 10.1 Å². The van der Waals surface area contributed by atoms with Crippen molar-refractivity contribution in [2.75, 3.05) is 12.4 Å². The Labute approximate surface area is 161 Å². The molecule has 1 unspecified atom stereocenters. The molecule has 142 valence electrons. The molecule has 1 aliphatic rings. The van der Waals surface area contributed by atoms with Crippen molar-refractivity contribution in [3.63, 3.8) is 0 Å². The highest BCUT2D eigenvalue weighted by molar-refractivity contribution is 7.15. The maximum atomic E-state index is 15.7. The van der Waals surface area contributed by atoms with Gasteiger partial charge in [0.05, 0.1) is 12.7 Å². The van der Waals surface area contributed by atoms with Crippen LogP contribution in [-0.2, 0) is 10.5 Å². The van der Waals surface area contributed by atoms with Gasteiger partial charge in [-0.25, -0.2) is 8.78 Å². The second-order valence-corrected chi connectivity index (χ2v) is 7.08. The van der Waals surface area contributed by atoms with Gasteiger partial charge >= 0.3 is 0 Å². The number of anilines is 1. The highest BCUT2D eigenvalue weighted by atomic mass is 32.1. The minimum atomic E-state index is -3.01. The van der Waals surface area contributed by atoms with Crippen LogP contribution >= 0.6 is 11.3 Å². The summed E-state index contributed by atoms with van der Waals surface area (Å²) in [7, 11) is 1.28. The lowest BCUT2D eigenvalue weighted by Gasteiger charge is -2.28. The minimum absolute atomic E-state index is 0.0354. The number of carbonyl (C=O) groups is 2. The SMILES string of the molecule is COc1ccc(-c2c(F)sc3c2C(=O)C(F)(c2ccccc2)C(=O)N3)cc1F. The fraction of sp³-hybridized carbons (Fsp3) is 0.100. The Kier molecular flexibility index (Phi) is 4.23. The van der Waals surface area contributed by atoms with Crippen LogP contribution in [0.5, 0.6) is 5.75 Å². The third-order valence-electron chi connectivity index (χ3n) is 4.56. The molecule has 0 saturated carbocycles. The van der Waals surface area contributed by atoms with Gasteiger partial charge in [-0.05, 0) is 17.7 Å². The molecular weight excluding hydrogens is 391 g/mol. The van der Waals surface area contributed by atoms with Gasteiger partial charge in [-0.15, -0.1) is 0 Å². The number of ether oxygens (including phenoxy) is 1. The van der Waals surface area contributed by atoms with Crippen LogP contribution < -0.4 is 10.1 Å². The number of carbonyl (C=O) groups excluding carboxylic acids is 2. The number of alkyl halides is 1. The number of amides is 1. The third kappa shape index (κ3) is 2.52. The fourth-order valence-corrected chi connectivity index (χ4v) is 4.12. The number of hydrogen-bond acceptors (Lipinski definition) is 4. The number of rotatable bonds is 3. The maximum absolute atomic E-state index is 15.7. The molecule has 0 spiro atoms. The summed E-state index contributed by atoms with van der Waals surface area (Å²) in [5.41, 5.74) is -3.72. The van der Waals surface area contributed by atoms with Crippen molar-refractivity contribution in [2.24, 2.45) is 0 Å². The van der Waals surface area contributed by atoms with E-state index in [0.29, 0.717) is 11.3 Å². The molecule has 1 atom stereocenters. The molecule has 1 aromatic heterocycles. The molecule has 0 bridgehead atoms. The van der Waals surface area contributed by atoms with Gasteiger partial charge in [-0.2, -0.15) is 4.39 Å². The number of Topliss-reactive ketones (excluding diaryl/α,β-unsaturated/α-hetero) is 1. The molecule has 8 heteroatoms. The molecule has 3 aromatic rings. The Morgan fingerprint density at radius 1 is 1.04 bits per heavy atom. The lowest BCUT2D eigenvalue weighted by atomic mass is 9.83. The predicted octanol–water partition coefficient (Wildman–Crippen LogP) is 4.70. The molecule has 0 radical (unpaired) electrons. The number of ketones is 1. The molecule has 0 aliphatic carbocycles. The molecule has 2 heterocycles. The van der Waals surface area contributed by atoms with E-state index in [1.165, 1.54) is 43.5 Å². The van der Waals surface area contributed by atoms with Crippen molar-refractivity contribution in [1.82, 2.24) is 0 Å². The summed E-state index contributed by atoms with van der Waals surface area (Å²) < 4.78 is 49.3. The van der Waals surface area contributed by atoms with Crippen molar-refractivity contribution in [2.45, 2.75) is 5.67 Å². The van der Waals surface area contributed by atoms with E-state index in [1.807, 2.05) is 0 Å². The quantitative estimate of drug-likeness (QED) is 0.645. The predicted molar refractivity (Wildman–Crippen MR) is 98.4 cm³/mol. The smallest absolute Gasteiger partial charge is 0.275 e. The van der Waals surface area contributed by atoms with Crippen LogP contribution in [0.25, 0.3) is 11.1 Å². The molecular formula is C20H12F3NO3S. The summed E-state index contributed by atoms with van der Waals surface area (Å²) in [6.07, 6.45) is 0. The fourth-order valence-electron chi connectivity index (χ4n) is 3.18. The first-order valence-corrected chi connectivity index (χ1v) is 8.96. The van der Waals surface area contributed by atoms with Crippen LogP contribution in [0.2, 0.25) is 0 Å². The Morgan fingerprint density at radius 2 is 1.75 bits per heavy atom. The van der Waals surface area contributed by atoms with E-state index in [2.05, 4.69) is 5.32 Å². The lowest BCUT2D eigenvalue weighted by Crippen LogP contribution is -2.47. The molecule has 1 aliphatic heterocycles. The van der Waals surface area contributed by atoms with Crippen molar-refractivity contribution in [3.05, 3.63) is 70.6 Å². The highest BCUT2D eigenvalue weighted by Crippen LogP contribution is 2.47. The van der Waals surface area contributed by atoms with E-state index in [4.69, 9.17) is 4.74 Å². The summed E-state index contributed by atoms with van der Waals surface area (Å²) in [4.78, 5) is 25.4. The van der Waals surface area contributed by atoms with Gasteiger partial charge in [-0.3, -0.25) is 9.59 Å². The van der Waals surface area contributed by atoms with Crippen molar-refractivity contribution >= 4 is 28.0 Å². The molecule has 1 amide bonds. The number of fused-ring (bicyclic) bond motifs is 1. The standard InChI is InChI=1S/C20H12F3NO3S/c1-27-13-8-7-10(9-12(13)21)14-15-16(25)20(23,11-5-3-2-4-6-11)19(26)24-18(15)28-17(14)22/h2-9H,1H3,(H,24,26). The van der Waals surface area contributed by atoms with Crippen molar-refractivity contribution < 1.29 is 27.5 Å². The number of halogens is 3. The van der Waals surface area contributed by atoms with Crippen molar-refractivity contribution in [3.8, 4) is 16.9 Å². The summed E-state index contributed by atoms with van der Waals surface area (Å²) in [6, 6.07) is 10.8. The Morgan fingerprint density at radius 3 is 2.39 bits per heavy atom. The first kappa shape index (κ1) is 18.2. The minimum Gasteiger partial charge on any atom is -0.494 e. The zero-order chi connectivity index (χ0) is 20.1. The molecule has 0 saturated heterocycles. The molecule has 4 nitrogen and oxygen atoms in total. The van der Waals surface area contributed by atoms with E-state index < -0.39 is 28.3 Å². The van der Waals surface area contributed by atoms with Crippen LogP contribution in [0.1, 0.15) is 15.9 Å². The van der Waals surface area contributed by atoms with Gasteiger partial charge in [-0.1, -0.05) is 47.7 Å². The van der Waals surface area contributed by atoms with E-state index in [1.54, 1.807) is 6.07 Å². The van der Waals surface area contributed by atoms with Crippen LogP contribution in [0.15, 0.2) is 48.5 Å². The monoisotopic (exact) mass is 403 g/mol. The van der Waals surface area contributed by atoms with Crippen LogP contribution in [0.3, 0.4) is 0 Å². The molecule has 0 fully saturated rings. The normalized spacial score (nSPS) is 18.6. The lowest BCUT2D eigenvalue weighted by molar-refractivity contribution is -0.125. The average molecular weight is 403 g/mol. The Balaban J connectivity index is 1.91. The summed E-state index contributed by atoms with van der Waals surface area (Å²) in [5, 5.41) is 1.33. The second-order valence-electron chi connectivity index (χ2n) is 6.11. The van der Waals surface area contributed by atoms with E-state index >= 15 is 4.39 Å². The van der Waals surface area contributed by atoms with Gasteiger partial charge in [0.15, 0.2) is 16.7 Å². The Hall–Kier alpha value is -3.13. The third-order valence-corrected chi connectivity index (χ3v) is 5.45. The summed E-state index contributed by atoms with van der Waals surface area (Å²) in [6.45, 7) is 0. The first-order valence-electron chi connectivity index (χ1n) is 8.14. The molecule has 4 rings (SSSR count). The van der Waals surface area contributed by atoms with Crippen LogP contribution in [0.4, 0.5) is 18.2 Å². The van der Waals surface area contributed by atoms with Gasteiger partial charge in [0.2, 0.25) is 5.78 Å². The number of methoxy groups -OCH3 is 1. The number of thiophene rings is 1. The van der Waals surface area contributed by atoms with Gasteiger partial charge in [0, 0.05) is 11.1 Å². The highest BCUT2D eigenvalue weighted by Gasteiger charge is 2.54. The number of hydrogen-bond donors (Lipinski definition) is 1. The Bertz CT molecular complexity index is 1110. The topological polar surface area (TPSA) is 55.4 Å². The zero-order valence-electron chi connectivity index (χ0n) is 14.4. The molecule has 28 heavy (non-hydrogen) atoms. The van der Waals surface area contributed by atoms with Gasteiger partial charge in [0.25, 0.3) is 11.6 Å². The van der Waals surface area contributed by atoms with Crippen molar-refractivity contribution in [1.29, 1.82) is 0 Å². The molecule has 2 aromatic carbocycles. The summed E-state index contributed by atoms with van der Waals surface area (Å²) in [5.74, 6) is -3.20. The number of benzene rings is 2. The maximum Gasteiger partial charge on any atom is 0.275 e. The first-order chi connectivity index (χ1) is 13.4. The zero-order valence-corrected chi connectivity index (χ0v) is 15.2. The average Bonchev–Trinajstić information content (AvgIpc) is 3.02. The van der Waals surface area contributed by atoms with Crippen LogP contribution in [-0.4, -0.2) is 18.8 Å². The molecule has 1 N–H and O–H groups in total. The largest absolute Gasteiger partial charge is 0.494 e. The summed E-state index contributed by atoms with van der Waals surface area (Å²) >= 11 is 0.491. The van der Waals surface area contributed by atoms with E-state index in [-0.39, 0.29) is 33.0 Å². The van der Waals surface area contributed by atoms with Crippen LogP contribution in [0, 0.1) is 10.9 Å². The number of nitrogens with one attached hydrogen (secondary N) is 1. The van der Waals surface area contributed by atoms with E-state index in [9.17, 15) is 18.4 Å².